The highest BCUT2D eigenvalue weighted by atomic mass is 32.2. The summed E-state index contributed by atoms with van der Waals surface area (Å²) >= 11 is 0. The number of H-pyrrole nitrogens is 1. The summed E-state index contributed by atoms with van der Waals surface area (Å²) in [6, 6.07) is 18.5. The van der Waals surface area contributed by atoms with Gasteiger partial charge in [0.1, 0.15) is 5.75 Å². The number of nitrogens with one attached hydrogen (secondary N) is 2. The summed E-state index contributed by atoms with van der Waals surface area (Å²) < 4.78 is 31.4. The lowest BCUT2D eigenvalue weighted by atomic mass is 9.93. The van der Waals surface area contributed by atoms with Crippen LogP contribution in [0.3, 0.4) is 0 Å². The van der Waals surface area contributed by atoms with Crippen LogP contribution >= 0.6 is 0 Å². The van der Waals surface area contributed by atoms with E-state index in [1.54, 1.807) is 6.07 Å². The molecule has 4 rings (SSSR count). The molecule has 0 aliphatic carbocycles. The van der Waals surface area contributed by atoms with Crippen LogP contribution in [0.25, 0.3) is 22.6 Å². The molecule has 150 valence electrons. The predicted molar refractivity (Wildman–Crippen MR) is 118 cm³/mol. The Bertz CT molecular complexity index is 1160. The number of hydrogen-bond donors (Lipinski definition) is 3. The highest BCUT2D eigenvalue weighted by molar-refractivity contribution is 7.85. The standard InChI is InChI=1S/C23H24N2O3S/c26-29(27,28)16-21-15-22-18(9-5-11-23(22)25-21)8-4-10-20-14-19(12-13-24-20)17-6-2-1-3-7-17/h1-9,11-12,15,20,24-25H,10,13-14,16H2,(H,26,27,28). The van der Waals surface area contributed by atoms with Crippen molar-refractivity contribution < 1.29 is 13.0 Å². The number of aromatic nitrogens is 1. The zero-order valence-corrected chi connectivity index (χ0v) is 16.8. The second-order valence-electron chi connectivity index (χ2n) is 7.37. The molecule has 1 unspecified atom stereocenters. The number of fused-ring (bicyclic) bond motifs is 1. The maximum atomic E-state index is 11.1. The van der Waals surface area contributed by atoms with E-state index in [-0.39, 0.29) is 0 Å². The van der Waals surface area contributed by atoms with Gasteiger partial charge in [-0.25, -0.2) is 0 Å². The zero-order valence-electron chi connectivity index (χ0n) is 16.0. The van der Waals surface area contributed by atoms with Crippen LogP contribution in [-0.4, -0.2) is 30.5 Å². The van der Waals surface area contributed by atoms with Crippen molar-refractivity contribution in [3.8, 4) is 0 Å². The van der Waals surface area contributed by atoms with Crippen LogP contribution < -0.4 is 5.32 Å². The number of hydrogen-bond acceptors (Lipinski definition) is 3. The molecule has 1 aliphatic heterocycles. The molecule has 0 bridgehead atoms. The van der Waals surface area contributed by atoms with Crippen molar-refractivity contribution in [1.29, 1.82) is 0 Å². The number of benzene rings is 2. The van der Waals surface area contributed by atoms with E-state index in [2.05, 4.69) is 52.8 Å². The largest absolute Gasteiger partial charge is 0.357 e. The highest BCUT2D eigenvalue weighted by Gasteiger charge is 2.15. The molecule has 29 heavy (non-hydrogen) atoms. The molecule has 0 amide bonds. The van der Waals surface area contributed by atoms with Crippen LogP contribution in [0.15, 0.2) is 66.7 Å². The van der Waals surface area contributed by atoms with Crippen LogP contribution in [0.4, 0.5) is 0 Å². The van der Waals surface area contributed by atoms with Gasteiger partial charge in [-0.15, -0.1) is 0 Å². The third kappa shape index (κ3) is 5.03. The second-order valence-corrected chi connectivity index (χ2v) is 8.82. The molecule has 1 aromatic heterocycles. The first-order valence-electron chi connectivity index (χ1n) is 9.68. The molecule has 1 aliphatic rings. The van der Waals surface area contributed by atoms with Crippen molar-refractivity contribution in [2.24, 2.45) is 0 Å². The van der Waals surface area contributed by atoms with E-state index in [1.807, 2.05) is 24.3 Å². The average Bonchev–Trinajstić information content (AvgIpc) is 3.10. The third-order valence-electron chi connectivity index (χ3n) is 5.18. The molecule has 0 spiro atoms. The third-order valence-corrected chi connectivity index (χ3v) is 5.85. The molecule has 0 fully saturated rings. The summed E-state index contributed by atoms with van der Waals surface area (Å²) in [5, 5.41) is 4.49. The Morgan fingerprint density at radius 3 is 2.72 bits per heavy atom. The monoisotopic (exact) mass is 408 g/mol. The van der Waals surface area contributed by atoms with Crippen LogP contribution in [0.1, 0.15) is 29.7 Å². The Balaban J connectivity index is 1.46. The van der Waals surface area contributed by atoms with E-state index in [1.165, 1.54) is 11.1 Å². The van der Waals surface area contributed by atoms with Crippen molar-refractivity contribution in [3.05, 3.63) is 83.6 Å². The van der Waals surface area contributed by atoms with E-state index in [0.29, 0.717) is 11.7 Å². The average molecular weight is 409 g/mol. The summed E-state index contributed by atoms with van der Waals surface area (Å²) in [6.45, 7) is 0.870. The van der Waals surface area contributed by atoms with E-state index in [0.717, 1.165) is 35.9 Å². The molecular formula is C23H24N2O3S. The second kappa shape index (κ2) is 8.37. The topological polar surface area (TPSA) is 82.2 Å². The molecule has 0 saturated carbocycles. The van der Waals surface area contributed by atoms with Gasteiger partial charge in [0.05, 0.1) is 0 Å². The molecule has 1 atom stereocenters. The molecule has 5 nitrogen and oxygen atoms in total. The lowest BCUT2D eigenvalue weighted by Crippen LogP contribution is -2.32. The van der Waals surface area contributed by atoms with Crippen molar-refractivity contribution in [1.82, 2.24) is 10.3 Å². The number of aromatic amines is 1. The van der Waals surface area contributed by atoms with Gasteiger partial charge in [0.25, 0.3) is 10.1 Å². The van der Waals surface area contributed by atoms with Gasteiger partial charge in [0.15, 0.2) is 0 Å². The van der Waals surface area contributed by atoms with E-state index in [9.17, 15) is 8.42 Å². The van der Waals surface area contributed by atoms with Crippen LogP contribution in [-0.2, 0) is 15.9 Å². The number of rotatable bonds is 6. The Hall–Kier alpha value is -2.67. The first-order valence-corrected chi connectivity index (χ1v) is 11.3. The van der Waals surface area contributed by atoms with Gasteiger partial charge in [-0.05, 0) is 41.7 Å². The van der Waals surface area contributed by atoms with E-state index < -0.39 is 15.9 Å². The normalized spacial score (nSPS) is 17.7. The van der Waals surface area contributed by atoms with Crippen molar-refractivity contribution in [2.45, 2.75) is 24.6 Å². The molecular weight excluding hydrogens is 384 g/mol. The zero-order chi connectivity index (χ0) is 20.3. The summed E-state index contributed by atoms with van der Waals surface area (Å²) in [4.78, 5) is 3.06. The van der Waals surface area contributed by atoms with Gasteiger partial charge in [-0.1, -0.05) is 60.7 Å². The quantitative estimate of drug-likeness (QED) is 0.528. The van der Waals surface area contributed by atoms with Gasteiger partial charge < -0.3 is 10.3 Å². The summed E-state index contributed by atoms with van der Waals surface area (Å²) in [7, 11) is -4.06. The van der Waals surface area contributed by atoms with Crippen molar-refractivity contribution >= 4 is 32.7 Å². The minimum Gasteiger partial charge on any atom is -0.357 e. The Labute approximate surface area is 170 Å². The van der Waals surface area contributed by atoms with Crippen LogP contribution in [0.2, 0.25) is 0 Å². The fourth-order valence-electron chi connectivity index (χ4n) is 3.84. The lowest BCUT2D eigenvalue weighted by molar-refractivity contribution is 0.481. The first kappa shape index (κ1) is 19.6. The Morgan fingerprint density at radius 1 is 1.10 bits per heavy atom. The minimum absolute atomic E-state index is 0.381. The molecule has 3 N–H and O–H groups in total. The summed E-state index contributed by atoms with van der Waals surface area (Å²) in [6.07, 6.45) is 8.39. The molecule has 0 radical (unpaired) electrons. The van der Waals surface area contributed by atoms with Gasteiger partial charge in [-0.2, -0.15) is 8.42 Å². The fourth-order valence-corrected chi connectivity index (χ4v) is 4.39. The maximum Gasteiger partial charge on any atom is 0.270 e. The smallest absolute Gasteiger partial charge is 0.270 e. The van der Waals surface area contributed by atoms with Crippen LogP contribution in [0.5, 0.6) is 0 Å². The molecule has 3 aromatic rings. The van der Waals surface area contributed by atoms with E-state index in [4.69, 9.17) is 4.55 Å². The highest BCUT2D eigenvalue weighted by Crippen LogP contribution is 2.25. The molecule has 2 heterocycles. The first-order chi connectivity index (χ1) is 14.0. The Kier molecular flexibility index (Phi) is 5.67. The van der Waals surface area contributed by atoms with Gasteiger partial charge in [-0.3, -0.25) is 4.55 Å². The van der Waals surface area contributed by atoms with Crippen LogP contribution in [0, 0.1) is 0 Å². The molecule has 6 heteroatoms. The van der Waals surface area contributed by atoms with E-state index >= 15 is 0 Å². The minimum atomic E-state index is -4.06. The van der Waals surface area contributed by atoms with Gasteiger partial charge >= 0.3 is 0 Å². The predicted octanol–water partition coefficient (Wildman–Crippen LogP) is 4.40. The maximum absolute atomic E-state index is 11.1. The molecule has 2 aromatic carbocycles. The van der Waals surface area contributed by atoms with Crippen molar-refractivity contribution in [2.75, 3.05) is 6.54 Å². The fraction of sp³-hybridized carbons (Fsp3) is 0.217. The van der Waals surface area contributed by atoms with Crippen molar-refractivity contribution in [3.63, 3.8) is 0 Å². The molecule has 0 saturated heterocycles. The van der Waals surface area contributed by atoms with Gasteiger partial charge in [0.2, 0.25) is 0 Å². The summed E-state index contributed by atoms with van der Waals surface area (Å²) in [5.41, 5.74) is 5.03. The van der Waals surface area contributed by atoms with Gasteiger partial charge in [0, 0.05) is 29.2 Å². The lowest BCUT2D eigenvalue weighted by Gasteiger charge is -2.23. The Morgan fingerprint density at radius 2 is 1.93 bits per heavy atom. The SMILES string of the molecule is O=S(=O)(O)Cc1cc2c(C=CCC3CC(c4ccccc4)=CCN3)cccc2[nH]1. The summed E-state index contributed by atoms with van der Waals surface area (Å²) in [5.74, 6) is -0.411.